The molecule has 1 aromatic rings. The molecule has 3 rings (SSSR count). The number of nitrogens with one attached hydrogen (secondary N) is 1. The van der Waals surface area contributed by atoms with Gasteiger partial charge in [-0.05, 0) is 24.5 Å². The number of H-pyrrole nitrogens is 1. The van der Waals surface area contributed by atoms with Crippen LogP contribution in [0.5, 0.6) is 0 Å². The summed E-state index contributed by atoms with van der Waals surface area (Å²) in [5.74, 6) is 0.417. The first-order valence-electron chi connectivity index (χ1n) is 7.41. The van der Waals surface area contributed by atoms with Crippen LogP contribution in [0, 0.1) is 11.8 Å². The monoisotopic (exact) mass is 291 g/mol. The van der Waals surface area contributed by atoms with E-state index in [-0.39, 0.29) is 17.7 Å². The van der Waals surface area contributed by atoms with Crippen molar-refractivity contribution >= 4 is 11.8 Å². The number of nitrogens with zero attached hydrogens (tertiary/aromatic N) is 2. The second kappa shape index (κ2) is 5.89. The summed E-state index contributed by atoms with van der Waals surface area (Å²) in [7, 11) is 1.64. The first-order valence-corrected chi connectivity index (χ1v) is 7.41. The minimum atomic E-state index is -0.0467. The Morgan fingerprint density at radius 1 is 1.48 bits per heavy atom. The summed E-state index contributed by atoms with van der Waals surface area (Å²) >= 11 is 0. The first-order chi connectivity index (χ1) is 10.2. The lowest BCUT2D eigenvalue weighted by molar-refractivity contribution is -0.140. The van der Waals surface area contributed by atoms with Crippen molar-refractivity contribution < 1.29 is 14.3 Å². The Labute approximate surface area is 124 Å². The maximum atomic E-state index is 12.5. The van der Waals surface area contributed by atoms with E-state index >= 15 is 0 Å². The average molecular weight is 291 g/mol. The van der Waals surface area contributed by atoms with E-state index in [1.165, 1.54) is 0 Å². The van der Waals surface area contributed by atoms with Gasteiger partial charge in [-0.1, -0.05) is 0 Å². The van der Waals surface area contributed by atoms with Crippen LogP contribution in [0.4, 0.5) is 0 Å². The molecule has 2 atom stereocenters. The topological polar surface area (TPSA) is 65.6 Å². The van der Waals surface area contributed by atoms with Crippen LogP contribution in [-0.4, -0.2) is 66.5 Å². The molecule has 2 amide bonds. The molecule has 0 bridgehead atoms. The fraction of sp³-hybridized carbons (Fsp3) is 0.600. The number of carbonyl (C=O) groups is 2. The second-order valence-corrected chi connectivity index (χ2v) is 5.77. The minimum Gasteiger partial charge on any atom is -0.383 e. The van der Waals surface area contributed by atoms with Crippen LogP contribution in [0.2, 0.25) is 0 Å². The summed E-state index contributed by atoms with van der Waals surface area (Å²) in [4.78, 5) is 31.5. The standard InChI is InChI=1S/C15H21N3O3/c1-21-8-7-17-6-4-11-9-18(10-12(11)14(17)19)15(20)13-3-2-5-16-13/h2-3,5,11-12,16H,4,6-10H2,1H3/t11-,12-/m0/s1. The molecule has 2 aliphatic rings. The fourth-order valence-corrected chi connectivity index (χ4v) is 3.33. The molecule has 2 aliphatic heterocycles. The summed E-state index contributed by atoms with van der Waals surface area (Å²) in [5.41, 5.74) is 0.595. The largest absolute Gasteiger partial charge is 0.383 e. The number of likely N-dealkylation sites (tertiary alicyclic amines) is 2. The molecule has 0 saturated carbocycles. The van der Waals surface area contributed by atoms with Crippen molar-refractivity contribution in [1.29, 1.82) is 0 Å². The number of carbonyl (C=O) groups excluding carboxylic acids is 2. The van der Waals surface area contributed by atoms with E-state index in [1.807, 2.05) is 11.0 Å². The molecule has 2 fully saturated rings. The highest BCUT2D eigenvalue weighted by molar-refractivity contribution is 5.93. The Balaban J connectivity index is 1.65. The third-order valence-electron chi connectivity index (χ3n) is 4.52. The first kappa shape index (κ1) is 14.1. The third kappa shape index (κ3) is 2.68. The Bertz CT molecular complexity index is 514. The van der Waals surface area contributed by atoms with Gasteiger partial charge in [0.05, 0.1) is 12.5 Å². The Morgan fingerprint density at radius 2 is 2.33 bits per heavy atom. The van der Waals surface area contributed by atoms with Gasteiger partial charge in [0.15, 0.2) is 0 Å². The van der Waals surface area contributed by atoms with Crippen LogP contribution in [-0.2, 0) is 9.53 Å². The lowest BCUT2D eigenvalue weighted by Gasteiger charge is -2.33. The summed E-state index contributed by atoms with van der Waals surface area (Å²) < 4.78 is 5.05. The van der Waals surface area contributed by atoms with E-state index in [1.54, 1.807) is 24.3 Å². The molecule has 114 valence electrons. The molecule has 6 nitrogen and oxygen atoms in total. The highest BCUT2D eigenvalue weighted by Crippen LogP contribution is 2.32. The zero-order chi connectivity index (χ0) is 14.8. The minimum absolute atomic E-state index is 0.00867. The maximum absolute atomic E-state index is 12.5. The van der Waals surface area contributed by atoms with Crippen molar-refractivity contribution in [2.45, 2.75) is 6.42 Å². The van der Waals surface area contributed by atoms with Gasteiger partial charge < -0.3 is 19.5 Å². The normalized spacial score (nSPS) is 25.3. The molecule has 0 radical (unpaired) electrons. The second-order valence-electron chi connectivity index (χ2n) is 5.77. The van der Waals surface area contributed by atoms with Gasteiger partial charge in [-0.3, -0.25) is 9.59 Å². The molecule has 0 spiro atoms. The number of ether oxygens (including phenoxy) is 1. The molecule has 21 heavy (non-hydrogen) atoms. The molecule has 1 aromatic heterocycles. The average Bonchev–Trinajstić information content (AvgIpc) is 3.15. The number of rotatable bonds is 4. The summed E-state index contributed by atoms with van der Waals surface area (Å²) in [5, 5.41) is 0. The van der Waals surface area contributed by atoms with Crippen LogP contribution in [0.15, 0.2) is 18.3 Å². The van der Waals surface area contributed by atoms with Crippen LogP contribution < -0.4 is 0 Å². The van der Waals surface area contributed by atoms with E-state index < -0.39 is 0 Å². The predicted octanol–water partition coefficient (Wildman–Crippen LogP) is 0.582. The Hall–Kier alpha value is -1.82. The third-order valence-corrected chi connectivity index (χ3v) is 4.52. The van der Waals surface area contributed by atoms with Gasteiger partial charge in [0.1, 0.15) is 5.69 Å². The predicted molar refractivity (Wildman–Crippen MR) is 76.7 cm³/mol. The van der Waals surface area contributed by atoms with Gasteiger partial charge in [-0.15, -0.1) is 0 Å². The van der Waals surface area contributed by atoms with Crippen molar-refractivity contribution in [2.24, 2.45) is 11.8 Å². The number of aromatic amines is 1. The zero-order valence-electron chi connectivity index (χ0n) is 12.2. The smallest absolute Gasteiger partial charge is 0.270 e. The molecule has 0 unspecified atom stereocenters. The van der Waals surface area contributed by atoms with E-state index in [0.717, 1.165) is 13.0 Å². The van der Waals surface area contributed by atoms with Gasteiger partial charge in [0.2, 0.25) is 5.91 Å². The van der Waals surface area contributed by atoms with E-state index in [4.69, 9.17) is 4.74 Å². The molecule has 2 saturated heterocycles. The van der Waals surface area contributed by atoms with E-state index in [9.17, 15) is 9.59 Å². The molecular weight excluding hydrogens is 270 g/mol. The van der Waals surface area contributed by atoms with Gasteiger partial charge in [0, 0.05) is 39.5 Å². The van der Waals surface area contributed by atoms with Crippen LogP contribution in [0.1, 0.15) is 16.9 Å². The molecule has 3 heterocycles. The number of aromatic nitrogens is 1. The summed E-state index contributed by atoms with van der Waals surface area (Å²) in [6.45, 7) is 3.20. The number of hydrogen-bond acceptors (Lipinski definition) is 3. The number of piperidine rings is 1. The highest BCUT2D eigenvalue weighted by atomic mass is 16.5. The van der Waals surface area contributed by atoms with Crippen molar-refractivity contribution in [3.8, 4) is 0 Å². The summed E-state index contributed by atoms with van der Waals surface area (Å²) in [6, 6.07) is 3.59. The van der Waals surface area contributed by atoms with Gasteiger partial charge in [-0.25, -0.2) is 0 Å². The Kier molecular flexibility index (Phi) is 3.96. The summed E-state index contributed by atoms with van der Waals surface area (Å²) in [6.07, 6.45) is 2.71. The van der Waals surface area contributed by atoms with Gasteiger partial charge in [0.25, 0.3) is 5.91 Å². The van der Waals surface area contributed by atoms with Gasteiger partial charge >= 0.3 is 0 Å². The molecule has 1 N–H and O–H groups in total. The van der Waals surface area contributed by atoms with E-state index in [0.29, 0.717) is 37.9 Å². The maximum Gasteiger partial charge on any atom is 0.270 e. The van der Waals surface area contributed by atoms with Crippen molar-refractivity contribution in [3.05, 3.63) is 24.0 Å². The van der Waals surface area contributed by atoms with Gasteiger partial charge in [-0.2, -0.15) is 0 Å². The Morgan fingerprint density at radius 3 is 3.05 bits per heavy atom. The highest BCUT2D eigenvalue weighted by Gasteiger charge is 2.44. The number of fused-ring (bicyclic) bond motifs is 1. The number of hydrogen-bond donors (Lipinski definition) is 1. The molecule has 0 aliphatic carbocycles. The van der Waals surface area contributed by atoms with Crippen molar-refractivity contribution in [2.75, 3.05) is 39.9 Å². The quantitative estimate of drug-likeness (QED) is 0.882. The lowest BCUT2D eigenvalue weighted by atomic mass is 9.88. The fourth-order valence-electron chi connectivity index (χ4n) is 3.33. The SMILES string of the molecule is COCCN1CC[C@H]2CN(C(=O)c3ccc[nH]3)C[C@@H]2C1=O. The van der Waals surface area contributed by atoms with E-state index in [2.05, 4.69) is 4.98 Å². The van der Waals surface area contributed by atoms with Crippen molar-refractivity contribution in [3.63, 3.8) is 0 Å². The number of amides is 2. The van der Waals surface area contributed by atoms with Crippen LogP contribution >= 0.6 is 0 Å². The molecular formula is C15H21N3O3. The lowest BCUT2D eigenvalue weighted by Crippen LogP contribution is -2.46. The zero-order valence-corrected chi connectivity index (χ0v) is 12.2. The van der Waals surface area contributed by atoms with Crippen molar-refractivity contribution in [1.82, 2.24) is 14.8 Å². The number of methoxy groups -OCH3 is 1. The van der Waals surface area contributed by atoms with Crippen LogP contribution in [0.3, 0.4) is 0 Å². The van der Waals surface area contributed by atoms with Crippen LogP contribution in [0.25, 0.3) is 0 Å². The molecule has 6 heteroatoms. The molecule has 0 aromatic carbocycles.